The van der Waals surface area contributed by atoms with E-state index in [1.807, 2.05) is 0 Å². The molecular weight excluding hydrogens is 418 g/mol. The van der Waals surface area contributed by atoms with Gasteiger partial charge in [0.25, 0.3) is 11.8 Å². The first kappa shape index (κ1) is 22.6. The number of esters is 1. The number of hydrazine groups is 1. The van der Waals surface area contributed by atoms with E-state index in [1.165, 1.54) is 14.2 Å². The zero-order valence-electron chi connectivity index (χ0n) is 17.6. The van der Waals surface area contributed by atoms with Gasteiger partial charge in [-0.2, -0.15) is 0 Å². The van der Waals surface area contributed by atoms with Gasteiger partial charge in [0.15, 0.2) is 6.61 Å². The molecule has 1 aliphatic heterocycles. The van der Waals surface area contributed by atoms with Crippen LogP contribution < -0.4 is 20.2 Å². The summed E-state index contributed by atoms with van der Waals surface area (Å²) in [5.41, 5.74) is 3.17. The summed E-state index contributed by atoms with van der Waals surface area (Å²) in [7, 11) is 2.82. The first-order chi connectivity index (χ1) is 15.4. The number of anilines is 1. The van der Waals surface area contributed by atoms with Gasteiger partial charge in [-0.05, 0) is 24.3 Å². The fraction of sp³-hybridized carbons (Fsp3) is 0.273. The Bertz CT molecular complexity index is 988. The molecule has 0 unspecified atom stereocenters. The van der Waals surface area contributed by atoms with Gasteiger partial charge < -0.3 is 19.5 Å². The number of para-hydroxylation sites is 1. The van der Waals surface area contributed by atoms with Crippen molar-refractivity contribution in [2.45, 2.75) is 6.42 Å². The summed E-state index contributed by atoms with van der Waals surface area (Å²) >= 11 is 0. The zero-order valence-corrected chi connectivity index (χ0v) is 17.6. The van der Waals surface area contributed by atoms with Gasteiger partial charge >= 0.3 is 5.97 Å². The standard InChI is InChI=1S/C22H23N3O7/c1-30-16-9-6-10-17(31-2)20(16)21(28)24-25-12-14(11-19(25)27)22(29)32-13-18(26)23-15-7-4-3-5-8-15/h3-10,14H,11-13H2,1-2H3,(H,23,26)(H,24,28)/t14-/m1/s1. The molecule has 2 aromatic rings. The Kier molecular flexibility index (Phi) is 7.27. The van der Waals surface area contributed by atoms with Crippen LogP contribution in [-0.2, 0) is 19.1 Å². The molecular formula is C22H23N3O7. The molecule has 0 aromatic heterocycles. The summed E-state index contributed by atoms with van der Waals surface area (Å²) in [4.78, 5) is 49.3. The lowest BCUT2D eigenvalue weighted by Crippen LogP contribution is -2.43. The monoisotopic (exact) mass is 441 g/mol. The molecule has 168 valence electrons. The van der Waals surface area contributed by atoms with Crippen molar-refractivity contribution < 1.29 is 33.4 Å². The lowest BCUT2D eigenvalue weighted by Gasteiger charge is -2.19. The molecule has 3 amide bonds. The Balaban J connectivity index is 1.55. The lowest BCUT2D eigenvalue weighted by atomic mass is 10.1. The highest BCUT2D eigenvalue weighted by Crippen LogP contribution is 2.28. The third kappa shape index (κ3) is 5.34. The van der Waals surface area contributed by atoms with Crippen molar-refractivity contribution in [2.75, 3.05) is 32.7 Å². The maximum absolute atomic E-state index is 12.7. The van der Waals surface area contributed by atoms with Gasteiger partial charge in [-0.1, -0.05) is 24.3 Å². The zero-order chi connectivity index (χ0) is 23.1. The first-order valence-electron chi connectivity index (χ1n) is 9.76. The Morgan fingerprint density at radius 3 is 2.28 bits per heavy atom. The Labute approximate surface area is 184 Å². The van der Waals surface area contributed by atoms with Crippen molar-refractivity contribution in [1.82, 2.24) is 10.4 Å². The summed E-state index contributed by atoms with van der Waals surface area (Å²) < 4.78 is 15.4. The Morgan fingerprint density at radius 1 is 1.00 bits per heavy atom. The van der Waals surface area contributed by atoms with Gasteiger partial charge in [0.1, 0.15) is 17.1 Å². The highest BCUT2D eigenvalue weighted by atomic mass is 16.5. The second kappa shape index (κ2) is 10.3. The van der Waals surface area contributed by atoms with Crippen LogP contribution in [0.25, 0.3) is 0 Å². The molecule has 1 fully saturated rings. The van der Waals surface area contributed by atoms with Crippen molar-refractivity contribution >= 4 is 29.4 Å². The molecule has 32 heavy (non-hydrogen) atoms. The summed E-state index contributed by atoms with van der Waals surface area (Å²) in [5, 5.41) is 3.64. The molecule has 3 rings (SSSR count). The Hall–Kier alpha value is -4.08. The van der Waals surface area contributed by atoms with E-state index in [0.717, 1.165) is 5.01 Å². The number of carbonyl (C=O) groups excluding carboxylic acids is 4. The van der Waals surface area contributed by atoms with Gasteiger partial charge in [0, 0.05) is 12.1 Å². The van der Waals surface area contributed by atoms with Gasteiger partial charge in [-0.15, -0.1) is 0 Å². The maximum Gasteiger partial charge on any atom is 0.311 e. The van der Waals surface area contributed by atoms with Crippen LogP contribution >= 0.6 is 0 Å². The predicted molar refractivity (Wildman–Crippen MR) is 113 cm³/mol. The van der Waals surface area contributed by atoms with Crippen LogP contribution in [0.3, 0.4) is 0 Å². The van der Waals surface area contributed by atoms with Gasteiger partial charge in [-0.3, -0.25) is 29.6 Å². The largest absolute Gasteiger partial charge is 0.496 e. The molecule has 0 radical (unpaired) electrons. The summed E-state index contributed by atoms with van der Waals surface area (Å²) in [5.74, 6) is -2.54. The number of methoxy groups -OCH3 is 2. The average molecular weight is 441 g/mol. The van der Waals surface area contributed by atoms with E-state index in [1.54, 1.807) is 48.5 Å². The van der Waals surface area contributed by atoms with Crippen molar-refractivity contribution in [3.8, 4) is 11.5 Å². The minimum absolute atomic E-state index is 0.0822. The molecule has 1 heterocycles. The van der Waals surface area contributed by atoms with Gasteiger partial charge in [0.05, 0.1) is 26.7 Å². The molecule has 1 aliphatic rings. The van der Waals surface area contributed by atoms with E-state index in [9.17, 15) is 19.2 Å². The molecule has 10 nitrogen and oxygen atoms in total. The average Bonchev–Trinajstić information content (AvgIpc) is 3.17. The van der Waals surface area contributed by atoms with E-state index < -0.39 is 36.2 Å². The highest BCUT2D eigenvalue weighted by molar-refractivity contribution is 6.01. The van der Waals surface area contributed by atoms with E-state index in [4.69, 9.17) is 14.2 Å². The number of carbonyl (C=O) groups is 4. The number of hydrogen-bond acceptors (Lipinski definition) is 7. The lowest BCUT2D eigenvalue weighted by molar-refractivity contribution is -0.151. The molecule has 0 saturated carbocycles. The normalized spacial score (nSPS) is 15.1. The number of hydrogen-bond donors (Lipinski definition) is 2. The van der Waals surface area contributed by atoms with Crippen LogP contribution in [0.1, 0.15) is 16.8 Å². The van der Waals surface area contributed by atoms with Crippen molar-refractivity contribution in [3.63, 3.8) is 0 Å². The topological polar surface area (TPSA) is 123 Å². The minimum atomic E-state index is -0.813. The van der Waals surface area contributed by atoms with E-state index in [-0.39, 0.29) is 30.0 Å². The van der Waals surface area contributed by atoms with Crippen LogP contribution in [-0.4, -0.2) is 56.1 Å². The second-order valence-electron chi connectivity index (χ2n) is 6.91. The smallest absolute Gasteiger partial charge is 0.311 e. The van der Waals surface area contributed by atoms with Crippen LogP contribution in [0.2, 0.25) is 0 Å². The second-order valence-corrected chi connectivity index (χ2v) is 6.91. The number of nitrogens with one attached hydrogen (secondary N) is 2. The van der Waals surface area contributed by atoms with Gasteiger partial charge in [0.2, 0.25) is 5.91 Å². The number of rotatable bonds is 8. The molecule has 0 aliphatic carbocycles. The molecule has 0 spiro atoms. The summed E-state index contributed by atoms with van der Waals surface area (Å²) in [6, 6.07) is 13.6. The van der Waals surface area contributed by atoms with Crippen LogP contribution in [0, 0.1) is 5.92 Å². The quantitative estimate of drug-likeness (QED) is 0.593. The fourth-order valence-electron chi connectivity index (χ4n) is 3.20. The van der Waals surface area contributed by atoms with Crippen molar-refractivity contribution in [3.05, 3.63) is 54.1 Å². The molecule has 0 bridgehead atoms. The Morgan fingerprint density at radius 2 is 1.66 bits per heavy atom. The third-order valence-electron chi connectivity index (χ3n) is 4.75. The van der Waals surface area contributed by atoms with Crippen LogP contribution in [0.5, 0.6) is 11.5 Å². The summed E-state index contributed by atoms with van der Waals surface area (Å²) in [6.07, 6.45) is -0.150. The number of amides is 3. The van der Waals surface area contributed by atoms with Gasteiger partial charge in [-0.25, -0.2) is 0 Å². The number of ether oxygens (including phenoxy) is 3. The number of nitrogens with zero attached hydrogens (tertiary/aromatic N) is 1. The van der Waals surface area contributed by atoms with Crippen LogP contribution in [0.15, 0.2) is 48.5 Å². The predicted octanol–water partition coefficient (Wildman–Crippen LogP) is 1.38. The van der Waals surface area contributed by atoms with E-state index in [0.29, 0.717) is 5.69 Å². The molecule has 1 atom stereocenters. The van der Waals surface area contributed by atoms with E-state index >= 15 is 0 Å². The first-order valence-corrected chi connectivity index (χ1v) is 9.76. The molecule has 1 saturated heterocycles. The minimum Gasteiger partial charge on any atom is -0.496 e. The molecule has 10 heteroatoms. The SMILES string of the molecule is COc1cccc(OC)c1C(=O)NN1C[C@H](C(=O)OCC(=O)Nc2ccccc2)CC1=O. The third-order valence-corrected chi connectivity index (χ3v) is 4.75. The fourth-order valence-corrected chi connectivity index (χ4v) is 3.20. The van der Waals surface area contributed by atoms with Crippen molar-refractivity contribution in [2.24, 2.45) is 5.92 Å². The highest BCUT2D eigenvalue weighted by Gasteiger charge is 2.37. The molecule has 2 N–H and O–H groups in total. The molecule has 2 aromatic carbocycles. The summed E-state index contributed by atoms with van der Waals surface area (Å²) in [6.45, 7) is -0.565. The number of benzene rings is 2. The maximum atomic E-state index is 12.7. The van der Waals surface area contributed by atoms with E-state index in [2.05, 4.69) is 10.7 Å². The van der Waals surface area contributed by atoms with Crippen molar-refractivity contribution in [1.29, 1.82) is 0 Å². The van der Waals surface area contributed by atoms with Crippen LogP contribution in [0.4, 0.5) is 5.69 Å².